The molecule has 0 atom stereocenters. The summed E-state index contributed by atoms with van der Waals surface area (Å²) < 4.78 is 11.1. The fourth-order valence-electron chi connectivity index (χ4n) is 2.63. The highest BCUT2D eigenvalue weighted by Crippen LogP contribution is 2.28. The van der Waals surface area contributed by atoms with Gasteiger partial charge in [0.25, 0.3) is 5.89 Å². The van der Waals surface area contributed by atoms with Gasteiger partial charge in [-0.1, -0.05) is 41.6 Å². The Balaban J connectivity index is 1.73. The van der Waals surface area contributed by atoms with E-state index in [2.05, 4.69) is 15.1 Å². The number of ketones is 1. The second kappa shape index (κ2) is 5.66. The predicted octanol–water partition coefficient (Wildman–Crippen LogP) is 4.36. The maximum absolute atomic E-state index is 11.4. The Kier molecular flexibility index (Phi) is 3.46. The standard InChI is InChI=1S/C19H15N3O3/c1-10-4-5-11(2)16-15(10)20-18(24-16)19-21-17(22-25-19)14-8-6-13(7-9-14)12(3)23/h4-9H,1-3H3. The average Bonchev–Trinajstić information content (AvgIpc) is 3.26. The molecular formula is C19H15N3O3. The summed E-state index contributed by atoms with van der Waals surface area (Å²) in [6.45, 7) is 5.47. The Morgan fingerprint density at radius 1 is 0.920 bits per heavy atom. The van der Waals surface area contributed by atoms with E-state index in [-0.39, 0.29) is 11.7 Å². The number of aromatic nitrogens is 3. The van der Waals surface area contributed by atoms with Gasteiger partial charge < -0.3 is 8.94 Å². The molecule has 2 aromatic heterocycles. The number of aryl methyl sites for hydroxylation is 2. The van der Waals surface area contributed by atoms with Gasteiger partial charge >= 0.3 is 5.89 Å². The molecule has 124 valence electrons. The minimum Gasteiger partial charge on any atom is -0.432 e. The van der Waals surface area contributed by atoms with Crippen LogP contribution in [0.4, 0.5) is 0 Å². The first-order chi connectivity index (χ1) is 12.0. The zero-order chi connectivity index (χ0) is 17.6. The minimum atomic E-state index is 0.0116. The average molecular weight is 333 g/mol. The molecule has 0 saturated heterocycles. The fourth-order valence-corrected chi connectivity index (χ4v) is 2.63. The molecule has 2 heterocycles. The maximum Gasteiger partial charge on any atom is 0.314 e. The van der Waals surface area contributed by atoms with Crippen molar-refractivity contribution >= 4 is 16.9 Å². The van der Waals surface area contributed by atoms with Gasteiger partial charge in [-0.05, 0) is 31.9 Å². The number of rotatable bonds is 3. The number of nitrogens with zero attached hydrogens (tertiary/aromatic N) is 3. The molecule has 4 aromatic rings. The first-order valence-corrected chi connectivity index (χ1v) is 7.85. The predicted molar refractivity (Wildman–Crippen MR) is 92.2 cm³/mol. The number of oxazole rings is 1. The van der Waals surface area contributed by atoms with Crippen LogP contribution < -0.4 is 0 Å². The number of carbonyl (C=O) groups excluding carboxylic acids is 1. The van der Waals surface area contributed by atoms with Gasteiger partial charge in [-0.2, -0.15) is 4.98 Å². The van der Waals surface area contributed by atoms with Gasteiger partial charge in [-0.3, -0.25) is 4.79 Å². The molecule has 0 spiro atoms. The van der Waals surface area contributed by atoms with E-state index < -0.39 is 0 Å². The van der Waals surface area contributed by atoms with Crippen LogP contribution in [0.25, 0.3) is 34.3 Å². The summed E-state index contributed by atoms with van der Waals surface area (Å²) >= 11 is 0. The van der Waals surface area contributed by atoms with Crippen molar-refractivity contribution in [2.24, 2.45) is 0 Å². The monoisotopic (exact) mass is 333 g/mol. The molecule has 0 aliphatic rings. The largest absolute Gasteiger partial charge is 0.432 e. The van der Waals surface area contributed by atoms with Crippen LogP contribution in [0.15, 0.2) is 45.3 Å². The van der Waals surface area contributed by atoms with Crippen molar-refractivity contribution in [3.8, 4) is 23.2 Å². The quantitative estimate of drug-likeness (QED) is 0.518. The molecule has 2 aromatic carbocycles. The summed E-state index contributed by atoms with van der Waals surface area (Å²) in [7, 11) is 0. The molecule has 0 bridgehead atoms. The van der Waals surface area contributed by atoms with Crippen LogP contribution in [0.5, 0.6) is 0 Å². The maximum atomic E-state index is 11.4. The molecular weight excluding hydrogens is 318 g/mol. The highest BCUT2D eigenvalue weighted by molar-refractivity contribution is 5.94. The Bertz CT molecular complexity index is 1050. The van der Waals surface area contributed by atoms with Crippen molar-refractivity contribution in [2.45, 2.75) is 20.8 Å². The van der Waals surface area contributed by atoms with Crippen LogP contribution in [0, 0.1) is 13.8 Å². The van der Waals surface area contributed by atoms with E-state index in [9.17, 15) is 4.79 Å². The third-order valence-electron chi connectivity index (χ3n) is 4.10. The first-order valence-electron chi connectivity index (χ1n) is 7.85. The first kappa shape index (κ1) is 15.3. The number of hydrogen-bond donors (Lipinski definition) is 0. The zero-order valence-electron chi connectivity index (χ0n) is 14.0. The fraction of sp³-hybridized carbons (Fsp3) is 0.158. The van der Waals surface area contributed by atoms with Crippen LogP contribution in [-0.4, -0.2) is 20.9 Å². The normalized spacial score (nSPS) is 11.2. The molecule has 0 aliphatic heterocycles. The SMILES string of the molecule is CC(=O)c1ccc(-c2noc(-c3nc4c(C)ccc(C)c4o3)n2)cc1. The molecule has 0 unspecified atom stereocenters. The summed E-state index contributed by atoms with van der Waals surface area (Å²) in [5, 5.41) is 3.98. The van der Waals surface area contributed by atoms with Crippen molar-refractivity contribution in [3.05, 3.63) is 53.1 Å². The molecule has 25 heavy (non-hydrogen) atoms. The lowest BCUT2D eigenvalue weighted by Crippen LogP contribution is -1.91. The van der Waals surface area contributed by atoms with Crippen molar-refractivity contribution in [1.82, 2.24) is 15.1 Å². The number of Topliss-reactive ketones (excluding diaryl/α,β-unsaturated/α-hetero) is 1. The van der Waals surface area contributed by atoms with Crippen LogP contribution in [0.1, 0.15) is 28.4 Å². The summed E-state index contributed by atoms with van der Waals surface area (Å²) in [5.74, 6) is 0.950. The summed E-state index contributed by atoms with van der Waals surface area (Å²) in [5.41, 5.74) is 4.93. The molecule has 0 N–H and O–H groups in total. The van der Waals surface area contributed by atoms with Crippen molar-refractivity contribution < 1.29 is 13.7 Å². The lowest BCUT2D eigenvalue weighted by Gasteiger charge is -1.96. The Labute approximate surface area is 143 Å². The highest BCUT2D eigenvalue weighted by atomic mass is 16.5. The van der Waals surface area contributed by atoms with E-state index >= 15 is 0 Å². The Hall–Kier alpha value is -3.28. The smallest absolute Gasteiger partial charge is 0.314 e. The van der Waals surface area contributed by atoms with Crippen molar-refractivity contribution in [1.29, 1.82) is 0 Å². The summed E-state index contributed by atoms with van der Waals surface area (Å²) in [6.07, 6.45) is 0. The molecule has 0 fully saturated rings. The molecule has 0 aliphatic carbocycles. The van der Waals surface area contributed by atoms with Crippen LogP contribution in [0.2, 0.25) is 0 Å². The Morgan fingerprint density at radius 2 is 1.64 bits per heavy atom. The van der Waals surface area contributed by atoms with Gasteiger partial charge in [0.2, 0.25) is 5.82 Å². The van der Waals surface area contributed by atoms with Crippen molar-refractivity contribution in [2.75, 3.05) is 0 Å². The van der Waals surface area contributed by atoms with Gasteiger partial charge in [-0.25, -0.2) is 4.98 Å². The van der Waals surface area contributed by atoms with Gasteiger partial charge in [0.05, 0.1) is 0 Å². The van der Waals surface area contributed by atoms with Crippen LogP contribution in [0.3, 0.4) is 0 Å². The zero-order valence-corrected chi connectivity index (χ0v) is 14.0. The van der Waals surface area contributed by atoms with Gasteiger partial charge in [0, 0.05) is 11.1 Å². The van der Waals surface area contributed by atoms with Crippen LogP contribution >= 0.6 is 0 Å². The summed E-state index contributed by atoms with van der Waals surface area (Å²) in [4.78, 5) is 20.2. The summed E-state index contributed by atoms with van der Waals surface area (Å²) in [6, 6.07) is 11.0. The minimum absolute atomic E-state index is 0.0116. The Morgan fingerprint density at radius 3 is 2.32 bits per heavy atom. The number of carbonyl (C=O) groups is 1. The lowest BCUT2D eigenvalue weighted by atomic mass is 10.1. The van der Waals surface area contributed by atoms with Gasteiger partial charge in [0.1, 0.15) is 5.52 Å². The lowest BCUT2D eigenvalue weighted by molar-refractivity contribution is 0.101. The number of hydrogen-bond acceptors (Lipinski definition) is 6. The third-order valence-corrected chi connectivity index (χ3v) is 4.10. The van der Waals surface area contributed by atoms with Crippen LogP contribution in [-0.2, 0) is 0 Å². The third kappa shape index (κ3) is 2.61. The van der Waals surface area contributed by atoms with Gasteiger partial charge in [0.15, 0.2) is 11.4 Å². The number of fused-ring (bicyclic) bond motifs is 1. The topological polar surface area (TPSA) is 82.0 Å². The molecule has 6 heteroatoms. The molecule has 6 nitrogen and oxygen atoms in total. The van der Waals surface area contributed by atoms with E-state index in [0.29, 0.717) is 17.3 Å². The molecule has 0 saturated carbocycles. The highest BCUT2D eigenvalue weighted by Gasteiger charge is 2.18. The van der Waals surface area contributed by atoms with E-state index in [1.807, 2.05) is 26.0 Å². The van der Waals surface area contributed by atoms with Gasteiger partial charge in [-0.15, -0.1) is 0 Å². The van der Waals surface area contributed by atoms with E-state index in [4.69, 9.17) is 8.94 Å². The van der Waals surface area contributed by atoms with Crippen molar-refractivity contribution in [3.63, 3.8) is 0 Å². The molecule has 0 radical (unpaired) electrons. The number of benzene rings is 2. The van der Waals surface area contributed by atoms with E-state index in [1.54, 1.807) is 24.3 Å². The molecule has 4 rings (SSSR count). The van der Waals surface area contributed by atoms with E-state index in [0.717, 1.165) is 27.8 Å². The molecule has 0 amide bonds. The second-order valence-electron chi connectivity index (χ2n) is 5.95. The second-order valence-corrected chi connectivity index (χ2v) is 5.95. The van der Waals surface area contributed by atoms with E-state index in [1.165, 1.54) is 6.92 Å².